The van der Waals surface area contributed by atoms with E-state index in [1.54, 1.807) is 0 Å². The van der Waals surface area contributed by atoms with Crippen LogP contribution in [0.15, 0.2) is 55.1 Å². The lowest BCUT2D eigenvalue weighted by Crippen LogP contribution is -2.33. The van der Waals surface area contributed by atoms with Crippen molar-refractivity contribution in [3.8, 4) is 0 Å². The smallest absolute Gasteiger partial charge is 0.0605 e. The highest BCUT2D eigenvalue weighted by Gasteiger charge is 2.27. The van der Waals surface area contributed by atoms with Crippen LogP contribution in [0.4, 0.5) is 0 Å². The summed E-state index contributed by atoms with van der Waals surface area (Å²) in [6, 6.07) is 10.9. The van der Waals surface area contributed by atoms with Crippen molar-refractivity contribution in [3.63, 3.8) is 0 Å². The van der Waals surface area contributed by atoms with E-state index in [0.717, 1.165) is 25.8 Å². The molecule has 26 heavy (non-hydrogen) atoms. The molecule has 0 bridgehead atoms. The maximum absolute atomic E-state index is 4.74. The van der Waals surface area contributed by atoms with Crippen molar-refractivity contribution >= 4 is 0 Å². The van der Waals surface area contributed by atoms with E-state index in [9.17, 15) is 0 Å². The van der Waals surface area contributed by atoms with Gasteiger partial charge in [-0.3, -0.25) is 14.6 Å². The summed E-state index contributed by atoms with van der Waals surface area (Å²) in [5.74, 6) is 0. The Morgan fingerprint density at radius 3 is 2.54 bits per heavy atom. The molecule has 134 valence electrons. The number of hydrogen-bond acceptors (Lipinski definition) is 4. The predicted molar refractivity (Wildman–Crippen MR) is 102 cm³/mol. The van der Waals surface area contributed by atoms with Crippen LogP contribution in [0.2, 0.25) is 0 Å². The molecular formula is C21H25N5. The van der Waals surface area contributed by atoms with Gasteiger partial charge in [0.25, 0.3) is 0 Å². The van der Waals surface area contributed by atoms with E-state index < -0.39 is 0 Å². The fourth-order valence-electron chi connectivity index (χ4n) is 3.87. The molecule has 1 aliphatic rings. The molecule has 1 N–H and O–H groups in total. The van der Waals surface area contributed by atoms with Crippen LogP contribution < -0.4 is 5.32 Å². The number of piperidine rings is 1. The van der Waals surface area contributed by atoms with Crippen LogP contribution in [0.5, 0.6) is 0 Å². The molecular weight excluding hydrogens is 322 g/mol. The number of pyridine rings is 2. The van der Waals surface area contributed by atoms with E-state index in [2.05, 4.69) is 34.5 Å². The summed E-state index contributed by atoms with van der Waals surface area (Å²) in [7, 11) is 0. The van der Waals surface area contributed by atoms with Crippen LogP contribution in [0, 0.1) is 6.92 Å². The Morgan fingerprint density at radius 2 is 1.77 bits per heavy atom. The molecule has 0 amide bonds. The van der Waals surface area contributed by atoms with Crippen molar-refractivity contribution in [3.05, 3.63) is 77.6 Å². The molecule has 0 saturated carbocycles. The van der Waals surface area contributed by atoms with E-state index in [1.807, 2.05) is 47.7 Å². The molecule has 4 rings (SSSR count). The standard InChI is InChI=1S/C21H25N5/c1-16-6-3-11-22-20(16)18-8-2-9-19(25-18)21-17(7-4-12-23-21)10-15-26-14-5-13-24-26/h3-7,11-14,18-19,25H,2,8-10,15H2,1H3/t18-,19+/m0/s1. The molecule has 1 aliphatic heterocycles. The maximum Gasteiger partial charge on any atom is 0.0605 e. The van der Waals surface area contributed by atoms with Crippen molar-refractivity contribution in [1.82, 2.24) is 25.1 Å². The first-order valence-electron chi connectivity index (χ1n) is 9.40. The summed E-state index contributed by atoms with van der Waals surface area (Å²) >= 11 is 0. The predicted octanol–water partition coefficient (Wildman–Crippen LogP) is 3.78. The van der Waals surface area contributed by atoms with Crippen LogP contribution in [0.1, 0.15) is 53.9 Å². The van der Waals surface area contributed by atoms with Gasteiger partial charge in [0.2, 0.25) is 0 Å². The molecule has 0 unspecified atom stereocenters. The van der Waals surface area contributed by atoms with Gasteiger partial charge in [0.05, 0.1) is 23.5 Å². The Bertz CT molecular complexity index is 843. The summed E-state index contributed by atoms with van der Waals surface area (Å²) < 4.78 is 1.98. The number of aromatic nitrogens is 4. The second-order valence-corrected chi connectivity index (χ2v) is 6.98. The normalized spacial score (nSPS) is 20.2. The zero-order valence-electron chi connectivity index (χ0n) is 15.2. The zero-order valence-corrected chi connectivity index (χ0v) is 15.2. The number of rotatable bonds is 5. The molecule has 5 heteroatoms. The van der Waals surface area contributed by atoms with Crippen LogP contribution in [-0.2, 0) is 13.0 Å². The lowest BCUT2D eigenvalue weighted by molar-refractivity contribution is 0.318. The van der Waals surface area contributed by atoms with Crippen LogP contribution in [0.25, 0.3) is 0 Å². The highest BCUT2D eigenvalue weighted by Crippen LogP contribution is 2.33. The fraction of sp³-hybridized carbons (Fsp3) is 0.381. The summed E-state index contributed by atoms with van der Waals surface area (Å²) in [6.07, 6.45) is 12.0. The number of hydrogen-bond donors (Lipinski definition) is 1. The van der Waals surface area contributed by atoms with E-state index in [-0.39, 0.29) is 6.04 Å². The molecule has 3 aromatic rings. The van der Waals surface area contributed by atoms with Crippen molar-refractivity contribution < 1.29 is 0 Å². The van der Waals surface area contributed by atoms with Gasteiger partial charge in [0.1, 0.15) is 0 Å². The average molecular weight is 347 g/mol. The molecule has 1 fully saturated rings. The highest BCUT2D eigenvalue weighted by atomic mass is 15.3. The first kappa shape index (κ1) is 16.9. The van der Waals surface area contributed by atoms with Gasteiger partial charge in [0, 0.05) is 31.3 Å². The third-order valence-electron chi connectivity index (χ3n) is 5.19. The SMILES string of the molecule is Cc1cccnc1[C@@H]1CCC[C@H](c2ncccc2CCn2cccn2)N1. The number of nitrogens with zero attached hydrogens (tertiary/aromatic N) is 4. The molecule has 0 radical (unpaired) electrons. The molecule has 4 heterocycles. The summed E-state index contributed by atoms with van der Waals surface area (Å²) in [5.41, 5.74) is 4.91. The summed E-state index contributed by atoms with van der Waals surface area (Å²) in [5, 5.41) is 8.12. The van der Waals surface area contributed by atoms with Gasteiger partial charge >= 0.3 is 0 Å². The lowest BCUT2D eigenvalue weighted by Gasteiger charge is -2.32. The van der Waals surface area contributed by atoms with Crippen molar-refractivity contribution in [2.24, 2.45) is 0 Å². The summed E-state index contributed by atoms with van der Waals surface area (Å²) in [6.45, 7) is 3.02. The topological polar surface area (TPSA) is 55.6 Å². The molecule has 0 aliphatic carbocycles. The molecule has 1 saturated heterocycles. The highest BCUT2D eigenvalue weighted by molar-refractivity contribution is 5.26. The van der Waals surface area contributed by atoms with Gasteiger partial charge in [-0.2, -0.15) is 5.10 Å². The van der Waals surface area contributed by atoms with Gasteiger partial charge in [-0.05, 0) is 61.9 Å². The van der Waals surface area contributed by atoms with E-state index in [4.69, 9.17) is 4.98 Å². The minimum absolute atomic E-state index is 0.281. The van der Waals surface area contributed by atoms with Crippen molar-refractivity contribution in [2.75, 3.05) is 0 Å². The second-order valence-electron chi connectivity index (χ2n) is 6.98. The minimum Gasteiger partial charge on any atom is -0.300 e. The molecule has 5 nitrogen and oxygen atoms in total. The van der Waals surface area contributed by atoms with Crippen molar-refractivity contribution in [2.45, 2.75) is 51.2 Å². The third-order valence-corrected chi connectivity index (χ3v) is 5.19. The molecule has 0 aromatic carbocycles. The van der Waals surface area contributed by atoms with E-state index in [1.165, 1.54) is 28.9 Å². The largest absolute Gasteiger partial charge is 0.300 e. The average Bonchev–Trinajstić information content (AvgIpc) is 3.21. The lowest BCUT2D eigenvalue weighted by atomic mass is 9.91. The molecule has 3 aromatic heterocycles. The van der Waals surface area contributed by atoms with E-state index in [0.29, 0.717) is 6.04 Å². The first-order valence-corrected chi connectivity index (χ1v) is 9.40. The van der Waals surface area contributed by atoms with Gasteiger partial charge in [0.15, 0.2) is 0 Å². The third kappa shape index (κ3) is 3.68. The Kier molecular flexibility index (Phi) is 5.07. The fourth-order valence-corrected chi connectivity index (χ4v) is 3.87. The first-order chi connectivity index (χ1) is 12.8. The number of aryl methyl sites for hydroxylation is 3. The zero-order chi connectivity index (χ0) is 17.8. The summed E-state index contributed by atoms with van der Waals surface area (Å²) in [4.78, 5) is 9.37. The second kappa shape index (κ2) is 7.79. The monoisotopic (exact) mass is 347 g/mol. The Hall–Kier alpha value is -2.53. The Balaban J connectivity index is 1.52. The van der Waals surface area contributed by atoms with Gasteiger partial charge in [-0.1, -0.05) is 12.1 Å². The van der Waals surface area contributed by atoms with Gasteiger partial charge in [-0.25, -0.2) is 0 Å². The Labute approximate surface area is 154 Å². The van der Waals surface area contributed by atoms with E-state index >= 15 is 0 Å². The van der Waals surface area contributed by atoms with Crippen LogP contribution in [-0.4, -0.2) is 19.7 Å². The van der Waals surface area contributed by atoms with Crippen molar-refractivity contribution in [1.29, 1.82) is 0 Å². The molecule has 0 spiro atoms. The minimum atomic E-state index is 0.281. The van der Waals surface area contributed by atoms with Crippen LogP contribution >= 0.6 is 0 Å². The quantitative estimate of drug-likeness (QED) is 0.763. The Morgan fingerprint density at radius 1 is 1.00 bits per heavy atom. The van der Waals surface area contributed by atoms with Gasteiger partial charge < -0.3 is 5.32 Å². The molecule has 2 atom stereocenters. The number of nitrogens with one attached hydrogen (secondary N) is 1. The van der Waals surface area contributed by atoms with Gasteiger partial charge in [-0.15, -0.1) is 0 Å². The maximum atomic E-state index is 4.74. The van der Waals surface area contributed by atoms with Crippen LogP contribution in [0.3, 0.4) is 0 Å².